The van der Waals surface area contributed by atoms with Gasteiger partial charge in [-0.1, -0.05) is 36.4 Å². The predicted octanol–water partition coefficient (Wildman–Crippen LogP) is 5.65. The lowest BCUT2D eigenvalue weighted by molar-refractivity contribution is -0.118. The number of hydrogen-bond acceptors (Lipinski definition) is 2. The van der Waals surface area contributed by atoms with Crippen molar-refractivity contribution in [2.45, 2.75) is 20.3 Å². The maximum atomic E-state index is 12.3. The summed E-state index contributed by atoms with van der Waals surface area (Å²) in [4.78, 5) is 12.3. The molecule has 3 nitrogen and oxygen atoms in total. The molecule has 1 amide bonds. The summed E-state index contributed by atoms with van der Waals surface area (Å²) in [6.07, 6.45) is 0.904. The highest BCUT2D eigenvalue weighted by Gasteiger charge is 2.18. The van der Waals surface area contributed by atoms with Crippen LogP contribution in [0.2, 0.25) is 0 Å². The number of carbonyl (C=O) groups is 1. The first-order valence-corrected chi connectivity index (χ1v) is 9.71. The largest absolute Gasteiger partial charge is 0.482 e. The summed E-state index contributed by atoms with van der Waals surface area (Å²) in [5, 5.41) is 2.94. The first kappa shape index (κ1) is 17.8. The summed E-state index contributed by atoms with van der Waals surface area (Å²) in [7, 11) is 0. The van der Waals surface area contributed by atoms with Gasteiger partial charge >= 0.3 is 0 Å². The van der Waals surface area contributed by atoms with E-state index in [0.29, 0.717) is 5.75 Å². The molecule has 0 spiro atoms. The van der Waals surface area contributed by atoms with E-state index in [1.807, 2.05) is 32.0 Å². The molecule has 0 heterocycles. The molecule has 27 heavy (non-hydrogen) atoms. The Balaban J connectivity index is 1.43. The summed E-state index contributed by atoms with van der Waals surface area (Å²) in [6.45, 7) is 3.98. The van der Waals surface area contributed by atoms with Gasteiger partial charge in [0.25, 0.3) is 5.91 Å². The van der Waals surface area contributed by atoms with Crippen LogP contribution in [0.3, 0.4) is 0 Å². The van der Waals surface area contributed by atoms with Gasteiger partial charge in [-0.05, 0) is 87.8 Å². The molecule has 0 saturated heterocycles. The van der Waals surface area contributed by atoms with Crippen LogP contribution < -0.4 is 10.1 Å². The number of benzene rings is 3. The van der Waals surface area contributed by atoms with Gasteiger partial charge in [-0.15, -0.1) is 0 Å². The number of amides is 1. The second-order valence-corrected chi connectivity index (χ2v) is 7.79. The van der Waals surface area contributed by atoms with Gasteiger partial charge in [-0.3, -0.25) is 4.79 Å². The number of hydrogen-bond donors (Lipinski definition) is 1. The van der Waals surface area contributed by atoms with Gasteiger partial charge in [0.05, 0.1) is 4.47 Å². The Morgan fingerprint density at radius 3 is 2.63 bits per heavy atom. The lowest BCUT2D eigenvalue weighted by atomic mass is 10.1. The van der Waals surface area contributed by atoms with Crippen molar-refractivity contribution in [3.63, 3.8) is 0 Å². The quantitative estimate of drug-likeness (QED) is 0.461. The van der Waals surface area contributed by atoms with Crippen LogP contribution in [0.5, 0.6) is 5.75 Å². The van der Waals surface area contributed by atoms with Crippen molar-refractivity contribution < 1.29 is 9.53 Å². The summed E-state index contributed by atoms with van der Waals surface area (Å²) >= 11 is 3.51. The van der Waals surface area contributed by atoms with E-state index >= 15 is 0 Å². The topological polar surface area (TPSA) is 38.3 Å². The van der Waals surface area contributed by atoms with Crippen LogP contribution >= 0.6 is 15.9 Å². The minimum atomic E-state index is -0.169. The van der Waals surface area contributed by atoms with E-state index in [0.717, 1.165) is 27.7 Å². The van der Waals surface area contributed by atoms with Crippen molar-refractivity contribution in [1.82, 2.24) is 0 Å². The van der Waals surface area contributed by atoms with E-state index in [1.54, 1.807) is 0 Å². The molecule has 0 aliphatic heterocycles. The van der Waals surface area contributed by atoms with Gasteiger partial charge in [-0.2, -0.15) is 0 Å². The molecule has 0 saturated carbocycles. The monoisotopic (exact) mass is 421 g/mol. The molecule has 4 rings (SSSR count). The normalized spacial score (nSPS) is 11.7. The molecular weight excluding hydrogens is 402 g/mol. The fraction of sp³-hybridized carbons (Fsp3) is 0.174. The fourth-order valence-electron chi connectivity index (χ4n) is 3.64. The van der Waals surface area contributed by atoms with Crippen molar-refractivity contribution in [3.8, 4) is 16.9 Å². The standard InChI is InChI=1S/C23H20BrNO2/c1-14-9-15(2)23(21(24)10-14)27-13-22(26)25-18-7-8-20-17(12-18)11-16-5-3-4-6-19(16)20/h3-10,12H,11,13H2,1-2H3,(H,25,26). The zero-order chi connectivity index (χ0) is 19.0. The van der Waals surface area contributed by atoms with Gasteiger partial charge < -0.3 is 10.1 Å². The molecule has 4 heteroatoms. The zero-order valence-electron chi connectivity index (χ0n) is 15.3. The van der Waals surface area contributed by atoms with E-state index in [2.05, 4.69) is 57.6 Å². The maximum Gasteiger partial charge on any atom is 0.262 e. The highest BCUT2D eigenvalue weighted by molar-refractivity contribution is 9.10. The second kappa shape index (κ2) is 7.20. The maximum absolute atomic E-state index is 12.3. The molecule has 0 bridgehead atoms. The predicted molar refractivity (Wildman–Crippen MR) is 112 cm³/mol. The third-order valence-corrected chi connectivity index (χ3v) is 5.39. The number of carbonyl (C=O) groups excluding carboxylic acids is 1. The Labute approximate surface area is 167 Å². The van der Waals surface area contributed by atoms with E-state index in [9.17, 15) is 4.79 Å². The number of halogens is 1. The van der Waals surface area contributed by atoms with Gasteiger partial charge in [-0.25, -0.2) is 0 Å². The van der Waals surface area contributed by atoms with E-state index in [4.69, 9.17) is 4.74 Å². The van der Waals surface area contributed by atoms with Crippen LogP contribution in [0.1, 0.15) is 22.3 Å². The van der Waals surface area contributed by atoms with Crippen molar-refractivity contribution in [2.24, 2.45) is 0 Å². The molecule has 1 aliphatic rings. The third kappa shape index (κ3) is 3.62. The van der Waals surface area contributed by atoms with Gasteiger partial charge in [0.15, 0.2) is 6.61 Å². The lowest BCUT2D eigenvalue weighted by Crippen LogP contribution is -2.20. The first-order valence-electron chi connectivity index (χ1n) is 8.92. The summed E-state index contributed by atoms with van der Waals surface area (Å²) in [6, 6.07) is 18.5. The highest BCUT2D eigenvalue weighted by Crippen LogP contribution is 2.37. The summed E-state index contributed by atoms with van der Waals surface area (Å²) < 4.78 is 6.60. The van der Waals surface area contributed by atoms with Crippen LogP contribution in [0.25, 0.3) is 11.1 Å². The Morgan fingerprint density at radius 1 is 1.04 bits per heavy atom. The molecule has 0 unspecified atom stereocenters. The Bertz CT molecular complexity index is 1020. The van der Waals surface area contributed by atoms with Gasteiger partial charge in [0, 0.05) is 5.69 Å². The smallest absolute Gasteiger partial charge is 0.262 e. The third-order valence-electron chi connectivity index (χ3n) is 4.80. The van der Waals surface area contributed by atoms with Crippen LogP contribution in [0.15, 0.2) is 59.1 Å². The molecule has 0 radical (unpaired) electrons. The molecule has 1 aliphatic carbocycles. The minimum Gasteiger partial charge on any atom is -0.482 e. The average molecular weight is 422 g/mol. The Hall–Kier alpha value is -2.59. The minimum absolute atomic E-state index is 0.0280. The van der Waals surface area contributed by atoms with Crippen LogP contribution in [0, 0.1) is 13.8 Å². The highest BCUT2D eigenvalue weighted by atomic mass is 79.9. The number of ether oxygens (including phenoxy) is 1. The zero-order valence-corrected chi connectivity index (χ0v) is 16.9. The number of rotatable bonds is 4. The van der Waals surface area contributed by atoms with Crippen LogP contribution in [-0.4, -0.2) is 12.5 Å². The van der Waals surface area contributed by atoms with Crippen molar-refractivity contribution in [1.29, 1.82) is 0 Å². The van der Waals surface area contributed by atoms with E-state index < -0.39 is 0 Å². The average Bonchev–Trinajstić information content (AvgIpc) is 2.98. The number of fused-ring (bicyclic) bond motifs is 3. The van der Waals surface area contributed by atoms with Gasteiger partial charge in [0.2, 0.25) is 0 Å². The van der Waals surface area contributed by atoms with Crippen LogP contribution in [-0.2, 0) is 11.2 Å². The molecule has 136 valence electrons. The number of aryl methyl sites for hydroxylation is 2. The van der Waals surface area contributed by atoms with Crippen LogP contribution in [0.4, 0.5) is 5.69 Å². The Morgan fingerprint density at radius 2 is 1.81 bits per heavy atom. The van der Waals surface area contributed by atoms with E-state index in [1.165, 1.54) is 22.3 Å². The summed E-state index contributed by atoms with van der Waals surface area (Å²) in [5.74, 6) is 0.539. The molecule has 0 atom stereocenters. The lowest BCUT2D eigenvalue weighted by Gasteiger charge is -2.13. The molecule has 0 fully saturated rings. The Kier molecular flexibility index (Phi) is 4.75. The second-order valence-electron chi connectivity index (χ2n) is 6.94. The number of nitrogens with one attached hydrogen (secondary N) is 1. The molecule has 3 aromatic carbocycles. The fourth-order valence-corrected chi connectivity index (χ4v) is 4.43. The molecular formula is C23H20BrNO2. The SMILES string of the molecule is Cc1cc(C)c(OCC(=O)Nc2ccc3c(c2)Cc2ccccc2-3)c(Br)c1. The van der Waals surface area contributed by atoms with E-state index in [-0.39, 0.29) is 12.5 Å². The van der Waals surface area contributed by atoms with Crippen molar-refractivity contribution in [2.75, 3.05) is 11.9 Å². The van der Waals surface area contributed by atoms with Crippen molar-refractivity contribution >= 4 is 27.5 Å². The van der Waals surface area contributed by atoms with Gasteiger partial charge in [0.1, 0.15) is 5.75 Å². The molecule has 1 N–H and O–H groups in total. The molecule has 0 aromatic heterocycles. The summed E-state index contributed by atoms with van der Waals surface area (Å²) in [5.41, 5.74) is 8.06. The van der Waals surface area contributed by atoms with Crippen molar-refractivity contribution in [3.05, 3.63) is 81.3 Å². The number of anilines is 1. The first-order chi connectivity index (χ1) is 13.0. The molecule has 3 aromatic rings.